The summed E-state index contributed by atoms with van der Waals surface area (Å²) in [5, 5.41) is 17.2. The van der Waals surface area contributed by atoms with E-state index < -0.39 is 23.2 Å². The predicted octanol–water partition coefficient (Wildman–Crippen LogP) is 6.07. The van der Waals surface area contributed by atoms with Crippen molar-refractivity contribution in [1.29, 1.82) is 0 Å². The Kier molecular flexibility index (Phi) is 9.78. The van der Waals surface area contributed by atoms with Gasteiger partial charge in [0, 0.05) is 5.56 Å². The molecule has 1 aliphatic rings. The van der Waals surface area contributed by atoms with Crippen LogP contribution in [0.1, 0.15) is 63.9 Å². The van der Waals surface area contributed by atoms with Crippen LogP contribution >= 0.6 is 0 Å². The van der Waals surface area contributed by atoms with Gasteiger partial charge in [-0.25, -0.2) is 13.9 Å². The Balaban J connectivity index is 0.00000228. The van der Waals surface area contributed by atoms with E-state index in [4.69, 9.17) is 4.74 Å². The molecule has 4 rings (SSSR count). The molecule has 1 aromatic heterocycles. The lowest BCUT2D eigenvalue weighted by Crippen LogP contribution is -2.55. The van der Waals surface area contributed by atoms with Gasteiger partial charge >= 0.3 is 5.97 Å². The van der Waals surface area contributed by atoms with Crippen molar-refractivity contribution in [2.24, 2.45) is 0 Å². The zero-order valence-corrected chi connectivity index (χ0v) is 19.0. The van der Waals surface area contributed by atoms with Crippen LogP contribution in [0.3, 0.4) is 0 Å². The number of nitrogens with one attached hydrogen (secondary N) is 1. The third-order valence-corrected chi connectivity index (χ3v) is 6.13. The van der Waals surface area contributed by atoms with E-state index in [1.807, 2.05) is 18.2 Å². The van der Waals surface area contributed by atoms with E-state index in [1.165, 1.54) is 16.8 Å². The summed E-state index contributed by atoms with van der Waals surface area (Å²) in [6.07, 6.45) is 6.21. The van der Waals surface area contributed by atoms with Crippen molar-refractivity contribution in [2.75, 3.05) is 7.11 Å². The molecule has 0 spiro atoms. The van der Waals surface area contributed by atoms with Gasteiger partial charge in [0.25, 0.3) is 5.91 Å². The molecule has 0 bridgehead atoms. The number of rotatable bonds is 6. The summed E-state index contributed by atoms with van der Waals surface area (Å²) in [6, 6.07) is 14.6. The Morgan fingerprint density at radius 1 is 1.06 bits per heavy atom. The number of aromatic nitrogens is 2. The fourth-order valence-electron chi connectivity index (χ4n) is 4.30. The van der Waals surface area contributed by atoms with Crippen LogP contribution in [0.4, 0.5) is 4.39 Å². The van der Waals surface area contributed by atoms with E-state index in [0.717, 1.165) is 19.3 Å². The van der Waals surface area contributed by atoms with E-state index in [1.54, 1.807) is 37.8 Å². The Morgan fingerprint density at radius 2 is 1.75 bits per heavy atom. The van der Waals surface area contributed by atoms with Crippen LogP contribution in [0.15, 0.2) is 54.6 Å². The number of hydrogen-bond acceptors (Lipinski definition) is 4. The van der Waals surface area contributed by atoms with E-state index in [-0.39, 0.29) is 20.5 Å². The number of nitrogens with zero attached hydrogens (tertiary/aromatic N) is 2. The van der Waals surface area contributed by atoms with Crippen molar-refractivity contribution in [3.05, 3.63) is 72.5 Å². The molecule has 1 fully saturated rings. The smallest absolute Gasteiger partial charge is 0.329 e. The van der Waals surface area contributed by atoms with Crippen LogP contribution in [0, 0.1) is 12.2 Å². The summed E-state index contributed by atoms with van der Waals surface area (Å²) >= 11 is 0. The summed E-state index contributed by atoms with van der Waals surface area (Å²) in [4.78, 5) is 25.5. The van der Waals surface area contributed by atoms with Gasteiger partial charge in [-0.05, 0) is 61.7 Å². The monoisotopic (exact) mass is 496 g/mol. The van der Waals surface area contributed by atoms with Gasteiger partial charge < -0.3 is 15.2 Å². The van der Waals surface area contributed by atoms with Crippen molar-refractivity contribution in [1.82, 2.24) is 15.1 Å². The number of carbonyl (C=O) groups excluding carboxylic acids is 1. The average Bonchev–Trinajstić information content (AvgIpc) is 3.26. The van der Waals surface area contributed by atoms with Crippen LogP contribution in [-0.4, -0.2) is 39.4 Å². The topological polar surface area (TPSA) is 93.4 Å². The molecule has 193 valence electrons. The number of halogens is 1. The number of carboxylic acids is 1. The first-order valence-corrected chi connectivity index (χ1v) is 11.3. The quantitative estimate of drug-likeness (QED) is 0.432. The van der Waals surface area contributed by atoms with Gasteiger partial charge in [0.2, 0.25) is 0 Å². The van der Waals surface area contributed by atoms with E-state index in [2.05, 4.69) is 10.4 Å². The van der Waals surface area contributed by atoms with Gasteiger partial charge in [-0.1, -0.05) is 52.7 Å². The van der Waals surface area contributed by atoms with Crippen molar-refractivity contribution < 1.29 is 23.8 Å². The summed E-state index contributed by atoms with van der Waals surface area (Å²) < 4.78 is 20.6. The van der Waals surface area contributed by atoms with Crippen molar-refractivity contribution in [3.8, 4) is 22.7 Å². The molecule has 0 aliphatic heterocycles. The lowest BCUT2D eigenvalue weighted by molar-refractivity contribution is -0.143. The first kappa shape index (κ1) is 28.6. The minimum atomic E-state index is -1.44. The van der Waals surface area contributed by atoms with Gasteiger partial charge in [-0.2, -0.15) is 5.10 Å². The fourth-order valence-corrected chi connectivity index (χ4v) is 4.30. The second-order valence-electron chi connectivity index (χ2n) is 8.39. The van der Waals surface area contributed by atoms with Crippen LogP contribution in [-0.2, 0) is 4.79 Å². The zero-order valence-electron chi connectivity index (χ0n) is 19.0. The number of carbonyl (C=O) groups is 2. The third-order valence-electron chi connectivity index (χ3n) is 6.13. The SMILES string of the molecule is C.C.COc1ccccc1-c1cc(C(=O)NC2(C(=O)O)[CH]CCCCCC2)nn1-c1ccc(F)cc1. The third kappa shape index (κ3) is 5.93. The summed E-state index contributed by atoms with van der Waals surface area (Å²) in [5.41, 5.74) is 0.404. The number of carboxylic acid groups (broad SMARTS) is 1. The van der Waals surface area contributed by atoms with Crippen molar-refractivity contribution in [3.63, 3.8) is 0 Å². The highest BCUT2D eigenvalue weighted by Gasteiger charge is 2.40. The number of hydrogen-bond donors (Lipinski definition) is 2. The molecule has 7 nitrogen and oxygen atoms in total. The maximum Gasteiger partial charge on any atom is 0.329 e. The average molecular weight is 497 g/mol. The Labute approximate surface area is 212 Å². The standard InChI is InChI=1S/C26H27FN3O4.2CH4/c1-34-23-10-6-5-9-20(23)22-17-21(29-30(22)19-13-11-18(27)12-14-19)24(31)28-26(25(32)33)15-7-3-2-4-8-16-26;;/h5-6,9-15,17H,2-4,7-8,16H2,1H3,(H,28,31)(H,32,33);2*1H4. The maximum atomic E-state index is 13.5. The molecule has 8 heteroatoms. The molecular formula is C28H35FN3O4. The molecule has 2 N–H and O–H groups in total. The number of ether oxygens (including phenoxy) is 1. The van der Waals surface area contributed by atoms with Crippen molar-refractivity contribution >= 4 is 11.9 Å². The summed E-state index contributed by atoms with van der Waals surface area (Å²) in [6.45, 7) is 0. The second kappa shape index (κ2) is 12.3. The van der Waals surface area contributed by atoms with Gasteiger partial charge in [-0.15, -0.1) is 0 Å². The first-order chi connectivity index (χ1) is 16.4. The van der Waals surface area contributed by atoms with Crippen molar-refractivity contribution in [2.45, 2.75) is 58.9 Å². The molecule has 36 heavy (non-hydrogen) atoms. The Morgan fingerprint density at radius 3 is 2.44 bits per heavy atom. The summed E-state index contributed by atoms with van der Waals surface area (Å²) in [5.74, 6) is -1.48. The normalized spacial score (nSPS) is 14.8. The predicted molar refractivity (Wildman–Crippen MR) is 139 cm³/mol. The van der Waals surface area contributed by atoms with E-state index >= 15 is 0 Å². The molecule has 1 saturated carbocycles. The lowest BCUT2D eigenvalue weighted by atomic mass is 9.83. The molecule has 1 aliphatic carbocycles. The molecule has 3 aromatic rings. The minimum Gasteiger partial charge on any atom is -0.496 e. The number of amides is 1. The molecule has 1 heterocycles. The van der Waals surface area contributed by atoms with Crippen LogP contribution < -0.4 is 10.1 Å². The Bertz CT molecular complexity index is 1170. The molecular weight excluding hydrogens is 461 g/mol. The van der Waals surface area contributed by atoms with Gasteiger partial charge in [0.1, 0.15) is 17.1 Å². The molecule has 1 atom stereocenters. The highest BCUT2D eigenvalue weighted by molar-refractivity contribution is 5.98. The van der Waals surface area contributed by atoms with Crippen LogP contribution in [0.25, 0.3) is 16.9 Å². The zero-order chi connectivity index (χ0) is 24.1. The molecule has 1 unspecified atom stereocenters. The number of methoxy groups -OCH3 is 1. The summed E-state index contributed by atoms with van der Waals surface area (Å²) in [7, 11) is 1.55. The highest BCUT2D eigenvalue weighted by atomic mass is 19.1. The largest absolute Gasteiger partial charge is 0.496 e. The molecule has 1 amide bonds. The Hall–Kier alpha value is -3.68. The number of para-hydroxylation sites is 1. The van der Waals surface area contributed by atoms with Crippen LogP contribution in [0.5, 0.6) is 5.75 Å². The van der Waals surface area contributed by atoms with Gasteiger partial charge in [-0.3, -0.25) is 4.79 Å². The van der Waals surface area contributed by atoms with E-state index in [9.17, 15) is 19.1 Å². The van der Waals surface area contributed by atoms with Gasteiger partial charge in [0.05, 0.1) is 18.5 Å². The number of aliphatic carboxylic acids is 1. The minimum absolute atomic E-state index is 0. The maximum absolute atomic E-state index is 13.5. The second-order valence-corrected chi connectivity index (χ2v) is 8.39. The molecule has 0 saturated heterocycles. The van der Waals surface area contributed by atoms with E-state index in [0.29, 0.717) is 42.0 Å². The number of benzene rings is 2. The van der Waals surface area contributed by atoms with Crippen LogP contribution in [0.2, 0.25) is 0 Å². The molecule has 1 radical (unpaired) electrons. The lowest BCUT2D eigenvalue weighted by Gasteiger charge is -2.31. The van der Waals surface area contributed by atoms with Gasteiger partial charge in [0.15, 0.2) is 5.69 Å². The fraction of sp³-hybridized carbons (Fsp3) is 0.357. The first-order valence-electron chi connectivity index (χ1n) is 11.3. The molecule has 2 aromatic carbocycles. The highest BCUT2D eigenvalue weighted by Crippen LogP contribution is 2.32.